The predicted octanol–water partition coefficient (Wildman–Crippen LogP) is 2.75. The van der Waals surface area contributed by atoms with Gasteiger partial charge in [0.2, 0.25) is 0 Å². The first-order valence-electron chi connectivity index (χ1n) is 3.51. The molecule has 0 fully saturated rings. The predicted molar refractivity (Wildman–Crippen MR) is 52.6 cm³/mol. The molecule has 2 rings (SSSR count). The van der Waals surface area contributed by atoms with Crippen LogP contribution in [0.5, 0.6) is 0 Å². The van der Waals surface area contributed by atoms with Crippen LogP contribution in [0.2, 0.25) is 0 Å². The van der Waals surface area contributed by atoms with Crippen molar-refractivity contribution in [2.75, 3.05) is 5.73 Å². The van der Waals surface area contributed by atoms with Gasteiger partial charge in [-0.2, -0.15) is 0 Å². The normalized spacial score (nSPS) is 9.75. The quantitative estimate of drug-likeness (QED) is 0.638. The zero-order valence-electron chi connectivity index (χ0n) is 6.70. The van der Waals surface area contributed by atoms with Crippen LogP contribution in [0.4, 0.5) is 5.69 Å². The number of nitrogen functional groups attached to an aromatic ring is 1. The summed E-state index contributed by atoms with van der Waals surface area (Å²) in [4.78, 5) is 0. The number of nitrogens with two attached hydrogens (primary N) is 1. The fourth-order valence-electron chi connectivity index (χ4n) is 1.19. The van der Waals surface area contributed by atoms with E-state index in [1.807, 2.05) is 31.2 Å². The number of benzene rings is 1. The molecule has 2 aromatic rings. The Kier molecular flexibility index (Phi) is 2.29. The lowest BCUT2D eigenvalue weighted by Gasteiger charge is -1.89. The summed E-state index contributed by atoms with van der Waals surface area (Å²) in [6.07, 6.45) is 0. The average Bonchev–Trinajstić information content (AvgIpc) is 2.27. The van der Waals surface area contributed by atoms with Crippen LogP contribution in [0.15, 0.2) is 28.7 Å². The molecule has 0 unspecified atom stereocenters. The van der Waals surface area contributed by atoms with E-state index in [1.54, 1.807) is 0 Å². The van der Waals surface area contributed by atoms with E-state index < -0.39 is 0 Å². The second-order valence-electron chi connectivity index (χ2n) is 2.65. The molecule has 0 aliphatic heterocycles. The highest BCUT2D eigenvalue weighted by Gasteiger charge is 1.98. The van der Waals surface area contributed by atoms with Gasteiger partial charge in [-0.1, -0.05) is 0 Å². The number of hydrogen-bond acceptors (Lipinski definition) is 2. The molecular formula is C9H10ClNO. The van der Waals surface area contributed by atoms with E-state index in [0.717, 1.165) is 22.4 Å². The van der Waals surface area contributed by atoms with Crippen molar-refractivity contribution in [1.29, 1.82) is 0 Å². The van der Waals surface area contributed by atoms with Gasteiger partial charge in [0, 0.05) is 11.1 Å². The van der Waals surface area contributed by atoms with E-state index in [9.17, 15) is 0 Å². The van der Waals surface area contributed by atoms with Crippen LogP contribution >= 0.6 is 12.4 Å². The Bertz CT molecular complexity index is 394. The molecular weight excluding hydrogens is 174 g/mol. The number of halogens is 1. The van der Waals surface area contributed by atoms with Crippen molar-refractivity contribution < 1.29 is 4.42 Å². The third kappa shape index (κ3) is 1.38. The minimum atomic E-state index is 0. The SMILES string of the molecule is Cc1cc2cc(N)ccc2o1.Cl. The lowest BCUT2D eigenvalue weighted by atomic mass is 10.2. The summed E-state index contributed by atoms with van der Waals surface area (Å²) in [6, 6.07) is 7.61. The highest BCUT2D eigenvalue weighted by atomic mass is 35.5. The van der Waals surface area contributed by atoms with Gasteiger partial charge in [0.1, 0.15) is 11.3 Å². The van der Waals surface area contributed by atoms with Crippen molar-refractivity contribution in [1.82, 2.24) is 0 Å². The Morgan fingerprint density at radius 3 is 2.75 bits per heavy atom. The van der Waals surface area contributed by atoms with Crippen molar-refractivity contribution in [3.8, 4) is 0 Å². The molecule has 0 saturated carbocycles. The minimum absolute atomic E-state index is 0. The van der Waals surface area contributed by atoms with E-state index in [1.165, 1.54) is 0 Å². The smallest absolute Gasteiger partial charge is 0.134 e. The van der Waals surface area contributed by atoms with E-state index in [4.69, 9.17) is 10.2 Å². The molecule has 0 bridgehead atoms. The molecule has 3 heteroatoms. The third-order valence-electron chi connectivity index (χ3n) is 1.66. The monoisotopic (exact) mass is 183 g/mol. The van der Waals surface area contributed by atoms with Gasteiger partial charge in [-0.15, -0.1) is 12.4 Å². The summed E-state index contributed by atoms with van der Waals surface area (Å²) in [5.74, 6) is 0.922. The molecule has 1 aromatic carbocycles. The highest BCUT2D eigenvalue weighted by Crippen LogP contribution is 2.20. The van der Waals surface area contributed by atoms with E-state index in [-0.39, 0.29) is 12.4 Å². The Morgan fingerprint density at radius 2 is 2.00 bits per heavy atom. The number of hydrogen-bond donors (Lipinski definition) is 1. The average molecular weight is 184 g/mol. The second kappa shape index (κ2) is 3.07. The number of fused-ring (bicyclic) bond motifs is 1. The fourth-order valence-corrected chi connectivity index (χ4v) is 1.19. The minimum Gasteiger partial charge on any atom is -0.461 e. The summed E-state index contributed by atoms with van der Waals surface area (Å²) in [7, 11) is 0. The standard InChI is InChI=1S/C9H9NO.ClH/c1-6-4-7-5-8(10)2-3-9(7)11-6;/h2-5H,10H2,1H3;1H. The fraction of sp³-hybridized carbons (Fsp3) is 0.111. The maximum Gasteiger partial charge on any atom is 0.134 e. The van der Waals surface area contributed by atoms with Gasteiger partial charge in [0.25, 0.3) is 0 Å². The Balaban J connectivity index is 0.000000720. The lowest BCUT2D eigenvalue weighted by molar-refractivity contribution is 0.578. The van der Waals surface area contributed by atoms with Crippen LogP contribution < -0.4 is 5.73 Å². The number of anilines is 1. The molecule has 0 spiro atoms. The molecule has 0 atom stereocenters. The van der Waals surface area contributed by atoms with Gasteiger partial charge in [-0.05, 0) is 31.2 Å². The van der Waals surface area contributed by atoms with E-state index in [2.05, 4.69) is 0 Å². The van der Waals surface area contributed by atoms with Crippen molar-refractivity contribution in [3.63, 3.8) is 0 Å². The first-order chi connectivity index (χ1) is 5.25. The number of rotatable bonds is 0. The van der Waals surface area contributed by atoms with E-state index >= 15 is 0 Å². The Morgan fingerprint density at radius 1 is 1.25 bits per heavy atom. The summed E-state index contributed by atoms with van der Waals surface area (Å²) < 4.78 is 5.37. The zero-order valence-corrected chi connectivity index (χ0v) is 7.52. The first kappa shape index (κ1) is 8.94. The first-order valence-corrected chi connectivity index (χ1v) is 3.51. The zero-order chi connectivity index (χ0) is 7.84. The largest absolute Gasteiger partial charge is 0.461 e. The molecule has 64 valence electrons. The lowest BCUT2D eigenvalue weighted by Crippen LogP contribution is -1.80. The van der Waals surface area contributed by atoms with Crippen LogP contribution in [-0.4, -0.2) is 0 Å². The molecule has 0 saturated heterocycles. The van der Waals surface area contributed by atoms with Crippen LogP contribution in [-0.2, 0) is 0 Å². The summed E-state index contributed by atoms with van der Waals surface area (Å²) in [5.41, 5.74) is 7.27. The topological polar surface area (TPSA) is 39.2 Å². The van der Waals surface area contributed by atoms with Gasteiger partial charge in [0.15, 0.2) is 0 Å². The Hall–Kier alpha value is -1.15. The van der Waals surface area contributed by atoms with Crippen LogP contribution in [0.3, 0.4) is 0 Å². The summed E-state index contributed by atoms with van der Waals surface area (Å²) in [6.45, 7) is 1.93. The molecule has 12 heavy (non-hydrogen) atoms. The van der Waals surface area contributed by atoms with Crippen molar-refractivity contribution in [3.05, 3.63) is 30.0 Å². The molecule has 2 nitrogen and oxygen atoms in total. The molecule has 2 N–H and O–H groups in total. The summed E-state index contributed by atoms with van der Waals surface area (Å²) >= 11 is 0. The molecule has 0 amide bonds. The molecule has 0 aliphatic rings. The maximum atomic E-state index is 5.59. The molecule has 1 heterocycles. The number of aryl methyl sites for hydroxylation is 1. The van der Waals surface area contributed by atoms with E-state index in [0.29, 0.717) is 0 Å². The van der Waals surface area contributed by atoms with Crippen LogP contribution in [0.25, 0.3) is 11.0 Å². The van der Waals surface area contributed by atoms with Crippen LogP contribution in [0.1, 0.15) is 5.76 Å². The third-order valence-corrected chi connectivity index (χ3v) is 1.66. The van der Waals surface area contributed by atoms with Gasteiger partial charge in [-0.3, -0.25) is 0 Å². The maximum absolute atomic E-state index is 5.59. The van der Waals surface area contributed by atoms with Crippen molar-refractivity contribution >= 4 is 29.1 Å². The van der Waals surface area contributed by atoms with Crippen molar-refractivity contribution in [2.45, 2.75) is 6.92 Å². The molecule has 1 aromatic heterocycles. The molecule has 0 aliphatic carbocycles. The van der Waals surface area contributed by atoms with Crippen molar-refractivity contribution in [2.24, 2.45) is 0 Å². The van der Waals surface area contributed by atoms with Gasteiger partial charge in [0.05, 0.1) is 0 Å². The summed E-state index contributed by atoms with van der Waals surface area (Å²) in [5, 5.41) is 1.07. The van der Waals surface area contributed by atoms with Gasteiger partial charge in [-0.25, -0.2) is 0 Å². The second-order valence-corrected chi connectivity index (χ2v) is 2.65. The molecule has 0 radical (unpaired) electrons. The number of furan rings is 1. The highest BCUT2D eigenvalue weighted by molar-refractivity contribution is 5.85. The van der Waals surface area contributed by atoms with Gasteiger partial charge >= 0.3 is 0 Å². The van der Waals surface area contributed by atoms with Crippen LogP contribution in [0, 0.1) is 6.92 Å². The van der Waals surface area contributed by atoms with Gasteiger partial charge < -0.3 is 10.2 Å². The Labute approximate surface area is 76.8 Å².